The standard InChI is InChI=1S/C32H45F3N2O3/c1-27(2)11-12-31(26(40)37-17-32(33,34)35)10-7-19-24(20(31)15-27)21(38)13-23-29(19,5)9-8-22-28(3,4)25(39)18(16-36)14-30(22,23)6/h19-20,22-24,39H,7-15,17H2,1-6H3,(H,37,40). The summed E-state index contributed by atoms with van der Waals surface area (Å²) in [7, 11) is 0. The minimum Gasteiger partial charge on any atom is -0.511 e. The van der Waals surface area contributed by atoms with Gasteiger partial charge in [0.25, 0.3) is 0 Å². The highest BCUT2D eigenvalue weighted by Gasteiger charge is 2.69. The first-order valence-corrected chi connectivity index (χ1v) is 15.0. The third-order valence-corrected chi connectivity index (χ3v) is 12.8. The molecule has 0 aliphatic heterocycles. The Morgan fingerprint density at radius 1 is 1.00 bits per heavy atom. The number of hydrogen-bond acceptors (Lipinski definition) is 4. The summed E-state index contributed by atoms with van der Waals surface area (Å²) in [4.78, 5) is 27.9. The molecule has 8 unspecified atom stereocenters. The third kappa shape index (κ3) is 4.15. The number of nitrogens with one attached hydrogen (secondary N) is 1. The van der Waals surface area contributed by atoms with Crippen molar-refractivity contribution in [2.45, 2.75) is 106 Å². The Kier molecular flexibility index (Phi) is 6.61. The van der Waals surface area contributed by atoms with Crippen LogP contribution in [0.25, 0.3) is 0 Å². The number of carbonyl (C=O) groups is 2. The van der Waals surface area contributed by atoms with Gasteiger partial charge in [0.15, 0.2) is 0 Å². The van der Waals surface area contributed by atoms with Gasteiger partial charge in [-0.05, 0) is 91.3 Å². The van der Waals surface area contributed by atoms with E-state index in [1.54, 1.807) is 0 Å². The smallest absolute Gasteiger partial charge is 0.405 e. The van der Waals surface area contributed by atoms with Crippen molar-refractivity contribution in [2.24, 2.45) is 56.7 Å². The first-order chi connectivity index (χ1) is 18.3. The van der Waals surface area contributed by atoms with E-state index < -0.39 is 29.5 Å². The number of alkyl halides is 3. The van der Waals surface area contributed by atoms with Gasteiger partial charge in [0.1, 0.15) is 18.1 Å². The second kappa shape index (κ2) is 8.98. The lowest BCUT2D eigenvalue weighted by Gasteiger charge is -2.68. The Bertz CT molecular complexity index is 1180. The highest BCUT2D eigenvalue weighted by Crippen LogP contribution is 2.73. The van der Waals surface area contributed by atoms with Crippen LogP contribution in [0.15, 0.2) is 11.3 Å². The van der Waals surface area contributed by atoms with Crippen LogP contribution >= 0.6 is 0 Å². The second-order valence-corrected chi connectivity index (χ2v) is 15.8. The van der Waals surface area contributed by atoms with Crippen LogP contribution in [-0.4, -0.2) is 29.5 Å². The molecule has 0 bridgehead atoms. The molecule has 0 heterocycles. The average molecular weight is 563 g/mol. The SMILES string of the molecule is CC1(C)CCC2(C(=O)NCC(F)(F)F)CCC3C(C(=O)CC4C3(C)CCC3C(C)(C)C(O)=C(C#N)CC34C)C2C1. The zero-order chi connectivity index (χ0) is 29.7. The molecule has 5 rings (SSSR count). The van der Waals surface area contributed by atoms with Gasteiger partial charge in [0.05, 0.1) is 17.1 Å². The van der Waals surface area contributed by atoms with Crippen molar-refractivity contribution in [2.75, 3.05) is 6.54 Å². The number of aliphatic hydroxyl groups is 1. The Morgan fingerprint density at radius 3 is 2.30 bits per heavy atom. The zero-order valence-corrected chi connectivity index (χ0v) is 24.8. The first-order valence-electron chi connectivity index (χ1n) is 15.0. The van der Waals surface area contributed by atoms with Crippen LogP contribution in [0.2, 0.25) is 0 Å². The second-order valence-electron chi connectivity index (χ2n) is 15.8. The van der Waals surface area contributed by atoms with Gasteiger partial charge in [-0.1, -0.05) is 41.5 Å². The van der Waals surface area contributed by atoms with Gasteiger partial charge < -0.3 is 10.4 Å². The van der Waals surface area contributed by atoms with E-state index in [1.807, 2.05) is 13.8 Å². The van der Waals surface area contributed by atoms with Crippen LogP contribution in [0.4, 0.5) is 13.2 Å². The Labute approximate surface area is 236 Å². The van der Waals surface area contributed by atoms with Crippen molar-refractivity contribution in [3.8, 4) is 6.07 Å². The van der Waals surface area contributed by atoms with E-state index in [-0.39, 0.29) is 57.4 Å². The number of amides is 1. The molecular formula is C32H45F3N2O3. The van der Waals surface area contributed by atoms with Crippen LogP contribution in [0.5, 0.6) is 0 Å². The van der Waals surface area contributed by atoms with Crippen molar-refractivity contribution >= 4 is 11.7 Å². The molecule has 0 aromatic rings. The summed E-state index contributed by atoms with van der Waals surface area (Å²) in [5.41, 5.74) is -1.72. The maximum atomic E-state index is 14.3. The molecule has 5 aliphatic rings. The lowest BCUT2D eigenvalue weighted by Crippen LogP contribution is -2.66. The van der Waals surface area contributed by atoms with E-state index in [1.165, 1.54) is 0 Å². The molecular weight excluding hydrogens is 517 g/mol. The fourth-order valence-corrected chi connectivity index (χ4v) is 11.0. The van der Waals surface area contributed by atoms with Crippen LogP contribution in [0, 0.1) is 68.0 Å². The fraction of sp³-hybridized carbons (Fsp3) is 0.844. The predicted octanol–water partition coefficient (Wildman–Crippen LogP) is 7.28. The van der Waals surface area contributed by atoms with Gasteiger partial charge in [0, 0.05) is 17.8 Å². The zero-order valence-electron chi connectivity index (χ0n) is 24.8. The Hall–Kier alpha value is -2.04. The molecule has 8 atom stereocenters. The lowest BCUT2D eigenvalue weighted by atomic mass is 9.35. The molecule has 0 saturated heterocycles. The Balaban J connectivity index is 1.53. The molecule has 222 valence electrons. The topological polar surface area (TPSA) is 90.2 Å². The molecule has 0 radical (unpaired) electrons. The number of allylic oxidation sites excluding steroid dienone is 2. The van der Waals surface area contributed by atoms with E-state index in [9.17, 15) is 33.1 Å². The van der Waals surface area contributed by atoms with Gasteiger partial charge in [0.2, 0.25) is 5.91 Å². The molecule has 4 saturated carbocycles. The number of rotatable bonds is 2. The van der Waals surface area contributed by atoms with Crippen LogP contribution < -0.4 is 5.32 Å². The highest BCUT2D eigenvalue weighted by molar-refractivity contribution is 5.88. The maximum absolute atomic E-state index is 14.3. The molecule has 1 amide bonds. The quantitative estimate of drug-likeness (QED) is 0.370. The maximum Gasteiger partial charge on any atom is 0.405 e. The molecule has 0 spiro atoms. The Morgan fingerprint density at radius 2 is 1.68 bits per heavy atom. The van der Waals surface area contributed by atoms with Crippen LogP contribution in [0.3, 0.4) is 0 Å². The molecule has 8 heteroatoms. The monoisotopic (exact) mass is 562 g/mol. The minimum absolute atomic E-state index is 0.0337. The summed E-state index contributed by atoms with van der Waals surface area (Å²) >= 11 is 0. The summed E-state index contributed by atoms with van der Waals surface area (Å²) in [6, 6.07) is 2.25. The van der Waals surface area contributed by atoms with Crippen molar-refractivity contribution < 1.29 is 27.9 Å². The summed E-state index contributed by atoms with van der Waals surface area (Å²) in [5.74, 6) is -0.629. The summed E-state index contributed by atoms with van der Waals surface area (Å²) in [6.45, 7) is 11.5. The van der Waals surface area contributed by atoms with Crippen LogP contribution in [-0.2, 0) is 9.59 Å². The lowest BCUT2D eigenvalue weighted by molar-refractivity contribution is -0.200. The summed E-state index contributed by atoms with van der Waals surface area (Å²) in [5, 5.41) is 23.1. The highest BCUT2D eigenvalue weighted by atomic mass is 19.4. The van der Waals surface area contributed by atoms with Crippen molar-refractivity contribution in [3.05, 3.63) is 11.3 Å². The predicted molar refractivity (Wildman–Crippen MR) is 145 cm³/mol. The number of aliphatic hydroxyl groups excluding tert-OH is 1. The molecule has 2 N–H and O–H groups in total. The molecule has 4 fully saturated rings. The van der Waals surface area contributed by atoms with Gasteiger partial charge in [-0.2, -0.15) is 18.4 Å². The molecule has 0 aromatic carbocycles. The van der Waals surface area contributed by atoms with E-state index in [4.69, 9.17) is 0 Å². The number of hydrogen-bond donors (Lipinski definition) is 2. The van der Waals surface area contributed by atoms with E-state index in [0.717, 1.165) is 19.3 Å². The number of nitriles is 1. The number of Topliss-reactive ketones (excluding diaryl/α,β-unsaturated/α-hetero) is 1. The summed E-state index contributed by atoms with van der Waals surface area (Å²) < 4.78 is 39.3. The van der Waals surface area contributed by atoms with Gasteiger partial charge in [-0.25, -0.2) is 0 Å². The van der Waals surface area contributed by atoms with E-state index in [2.05, 4.69) is 39.1 Å². The molecule has 40 heavy (non-hydrogen) atoms. The van der Waals surface area contributed by atoms with Crippen molar-refractivity contribution in [1.29, 1.82) is 5.26 Å². The minimum atomic E-state index is -4.48. The largest absolute Gasteiger partial charge is 0.511 e. The number of nitrogens with zero attached hydrogens (tertiary/aromatic N) is 1. The van der Waals surface area contributed by atoms with E-state index >= 15 is 0 Å². The average Bonchev–Trinajstić information content (AvgIpc) is 2.85. The first kappa shape index (κ1) is 29.5. The van der Waals surface area contributed by atoms with Gasteiger partial charge in [-0.15, -0.1) is 0 Å². The third-order valence-electron chi connectivity index (χ3n) is 12.8. The summed E-state index contributed by atoms with van der Waals surface area (Å²) in [6.07, 6.45) is 1.17. The van der Waals surface area contributed by atoms with E-state index in [0.29, 0.717) is 44.1 Å². The fourth-order valence-electron chi connectivity index (χ4n) is 11.0. The number of ketones is 1. The molecule has 0 aromatic heterocycles. The number of carbonyl (C=O) groups excluding carboxylic acids is 2. The number of fused-ring (bicyclic) bond motifs is 7. The van der Waals surface area contributed by atoms with Gasteiger partial charge >= 0.3 is 6.18 Å². The number of halogens is 3. The molecule has 5 nitrogen and oxygen atoms in total. The van der Waals surface area contributed by atoms with Crippen molar-refractivity contribution in [3.63, 3.8) is 0 Å². The normalized spacial score (nSPS) is 43.9. The van der Waals surface area contributed by atoms with Gasteiger partial charge in [-0.3, -0.25) is 9.59 Å². The van der Waals surface area contributed by atoms with Crippen LogP contribution in [0.1, 0.15) is 99.3 Å². The molecule has 5 aliphatic carbocycles. The van der Waals surface area contributed by atoms with Crippen molar-refractivity contribution in [1.82, 2.24) is 5.32 Å².